The largest absolute Gasteiger partial charge is 0.349 e. The summed E-state index contributed by atoms with van der Waals surface area (Å²) in [4.78, 5) is 12.8. The third-order valence-corrected chi connectivity index (χ3v) is 5.27. The molecule has 1 amide bonds. The molecule has 2 aliphatic rings. The van der Waals surface area contributed by atoms with Gasteiger partial charge in [0.2, 0.25) is 0 Å². The highest BCUT2D eigenvalue weighted by molar-refractivity contribution is 7.80. The van der Waals surface area contributed by atoms with Gasteiger partial charge in [0, 0.05) is 10.9 Å². The normalized spacial score (nSPS) is 29.4. The fraction of sp³-hybridized carbons (Fsp3) is 0.562. The fourth-order valence-corrected chi connectivity index (χ4v) is 4.19. The molecule has 20 heavy (non-hydrogen) atoms. The van der Waals surface area contributed by atoms with Crippen LogP contribution in [0.25, 0.3) is 0 Å². The second-order valence-corrected chi connectivity index (χ2v) is 6.78. The Kier molecular flexibility index (Phi) is 3.76. The highest BCUT2D eigenvalue weighted by Crippen LogP contribution is 2.49. The number of nitrogens with one attached hydrogen (secondary N) is 1. The molecule has 0 saturated heterocycles. The summed E-state index contributed by atoms with van der Waals surface area (Å²) < 4.78 is 13.7. The molecule has 0 heterocycles. The summed E-state index contributed by atoms with van der Waals surface area (Å²) in [5.41, 5.74) is 0.0903. The molecule has 4 atom stereocenters. The van der Waals surface area contributed by atoms with Gasteiger partial charge in [-0.2, -0.15) is 0 Å². The summed E-state index contributed by atoms with van der Waals surface area (Å²) in [6.45, 7) is 2.05. The van der Waals surface area contributed by atoms with E-state index in [2.05, 4.69) is 17.9 Å². The quantitative estimate of drug-likeness (QED) is 0.818. The lowest BCUT2D eigenvalue weighted by Gasteiger charge is -2.28. The molecule has 3 rings (SSSR count). The SMILES string of the molecule is CC(NC(=O)c1cc(S)ccc1F)C1CC2CCC1C2. The van der Waals surface area contributed by atoms with E-state index in [0.717, 1.165) is 11.8 Å². The summed E-state index contributed by atoms with van der Waals surface area (Å²) in [6.07, 6.45) is 5.15. The molecule has 1 aromatic rings. The molecule has 4 unspecified atom stereocenters. The smallest absolute Gasteiger partial charge is 0.254 e. The van der Waals surface area contributed by atoms with E-state index in [1.54, 1.807) is 6.07 Å². The van der Waals surface area contributed by atoms with E-state index in [4.69, 9.17) is 0 Å². The van der Waals surface area contributed by atoms with E-state index in [0.29, 0.717) is 10.8 Å². The first-order valence-electron chi connectivity index (χ1n) is 7.34. The van der Waals surface area contributed by atoms with Crippen molar-refractivity contribution in [3.05, 3.63) is 29.6 Å². The maximum Gasteiger partial charge on any atom is 0.254 e. The van der Waals surface area contributed by atoms with Crippen molar-refractivity contribution in [1.82, 2.24) is 5.32 Å². The van der Waals surface area contributed by atoms with Crippen LogP contribution in [0.3, 0.4) is 0 Å². The Morgan fingerprint density at radius 2 is 2.20 bits per heavy atom. The van der Waals surface area contributed by atoms with Gasteiger partial charge in [-0.25, -0.2) is 4.39 Å². The average Bonchev–Trinajstić information content (AvgIpc) is 3.03. The zero-order valence-electron chi connectivity index (χ0n) is 11.6. The molecule has 2 bridgehead atoms. The molecule has 2 aliphatic carbocycles. The molecule has 2 nitrogen and oxygen atoms in total. The molecule has 0 aliphatic heterocycles. The average molecular weight is 293 g/mol. The van der Waals surface area contributed by atoms with Crippen LogP contribution in [-0.4, -0.2) is 11.9 Å². The van der Waals surface area contributed by atoms with Crippen LogP contribution in [0.4, 0.5) is 4.39 Å². The van der Waals surface area contributed by atoms with Gasteiger partial charge in [-0.3, -0.25) is 4.79 Å². The minimum absolute atomic E-state index is 0.0903. The number of thiol groups is 1. The summed E-state index contributed by atoms with van der Waals surface area (Å²) in [7, 11) is 0. The summed E-state index contributed by atoms with van der Waals surface area (Å²) in [6, 6.07) is 4.44. The summed E-state index contributed by atoms with van der Waals surface area (Å²) >= 11 is 4.16. The number of hydrogen-bond acceptors (Lipinski definition) is 2. The zero-order valence-corrected chi connectivity index (χ0v) is 12.5. The molecule has 1 N–H and O–H groups in total. The number of carbonyl (C=O) groups is 1. The Bertz CT molecular complexity index is 533. The predicted octanol–water partition coefficient (Wildman–Crippen LogP) is 3.67. The van der Waals surface area contributed by atoms with Crippen LogP contribution in [0.2, 0.25) is 0 Å². The highest BCUT2D eigenvalue weighted by atomic mass is 32.1. The second-order valence-electron chi connectivity index (χ2n) is 6.27. The Hall–Kier alpha value is -1.03. The van der Waals surface area contributed by atoms with E-state index in [1.165, 1.54) is 37.8 Å². The predicted molar refractivity (Wildman–Crippen MR) is 79.5 cm³/mol. The van der Waals surface area contributed by atoms with E-state index >= 15 is 0 Å². The van der Waals surface area contributed by atoms with Gasteiger partial charge >= 0.3 is 0 Å². The van der Waals surface area contributed by atoms with Crippen molar-refractivity contribution in [3.63, 3.8) is 0 Å². The maximum absolute atomic E-state index is 13.7. The first-order chi connectivity index (χ1) is 9.54. The van der Waals surface area contributed by atoms with Crippen molar-refractivity contribution < 1.29 is 9.18 Å². The Morgan fingerprint density at radius 3 is 2.85 bits per heavy atom. The van der Waals surface area contributed by atoms with Crippen molar-refractivity contribution >= 4 is 18.5 Å². The molecule has 0 radical (unpaired) electrons. The summed E-state index contributed by atoms with van der Waals surface area (Å²) in [5.74, 6) is 1.34. The molecule has 108 valence electrons. The molecule has 4 heteroatoms. The zero-order chi connectivity index (χ0) is 14.3. The third-order valence-electron chi connectivity index (χ3n) is 4.99. The minimum atomic E-state index is -0.486. The maximum atomic E-state index is 13.7. The van der Waals surface area contributed by atoms with E-state index in [9.17, 15) is 9.18 Å². The lowest BCUT2D eigenvalue weighted by atomic mass is 9.84. The number of amides is 1. The number of rotatable bonds is 3. The van der Waals surface area contributed by atoms with Gasteiger partial charge in [0.25, 0.3) is 5.91 Å². The van der Waals surface area contributed by atoms with Crippen molar-refractivity contribution in [2.24, 2.45) is 17.8 Å². The number of benzene rings is 1. The van der Waals surface area contributed by atoms with Crippen LogP contribution in [0.15, 0.2) is 23.1 Å². The highest BCUT2D eigenvalue weighted by Gasteiger charge is 2.42. The fourth-order valence-electron chi connectivity index (χ4n) is 3.99. The molecule has 0 aromatic heterocycles. The van der Waals surface area contributed by atoms with Gasteiger partial charge in [0.1, 0.15) is 5.82 Å². The van der Waals surface area contributed by atoms with Gasteiger partial charge in [-0.05, 0) is 62.1 Å². The van der Waals surface area contributed by atoms with E-state index in [1.807, 2.05) is 6.92 Å². The van der Waals surface area contributed by atoms with Crippen molar-refractivity contribution in [3.8, 4) is 0 Å². The van der Waals surface area contributed by atoms with Crippen LogP contribution in [0.5, 0.6) is 0 Å². The van der Waals surface area contributed by atoms with Gasteiger partial charge < -0.3 is 5.32 Å². The molecule has 2 saturated carbocycles. The number of fused-ring (bicyclic) bond motifs is 2. The molecule has 0 spiro atoms. The Morgan fingerprint density at radius 1 is 1.40 bits per heavy atom. The number of carbonyl (C=O) groups excluding carboxylic acids is 1. The third kappa shape index (κ3) is 2.58. The van der Waals surface area contributed by atoms with Gasteiger partial charge in [-0.15, -0.1) is 12.6 Å². The van der Waals surface area contributed by atoms with E-state index in [-0.39, 0.29) is 17.5 Å². The Labute approximate surface area is 124 Å². The number of halogens is 1. The van der Waals surface area contributed by atoms with Crippen molar-refractivity contribution in [2.45, 2.75) is 43.5 Å². The lowest BCUT2D eigenvalue weighted by molar-refractivity contribution is 0.0911. The first-order valence-corrected chi connectivity index (χ1v) is 7.78. The minimum Gasteiger partial charge on any atom is -0.349 e. The van der Waals surface area contributed by atoms with Gasteiger partial charge in [0.15, 0.2) is 0 Å². The number of hydrogen-bond donors (Lipinski definition) is 2. The molecule has 2 fully saturated rings. The van der Waals surface area contributed by atoms with E-state index < -0.39 is 5.82 Å². The first kappa shape index (κ1) is 13.9. The lowest BCUT2D eigenvalue weighted by Crippen LogP contribution is -2.40. The molecular weight excluding hydrogens is 273 g/mol. The van der Waals surface area contributed by atoms with Crippen molar-refractivity contribution in [2.75, 3.05) is 0 Å². The van der Waals surface area contributed by atoms with Crippen LogP contribution < -0.4 is 5.32 Å². The topological polar surface area (TPSA) is 29.1 Å². The van der Waals surface area contributed by atoms with Crippen LogP contribution >= 0.6 is 12.6 Å². The molecule has 1 aromatic carbocycles. The second kappa shape index (κ2) is 5.40. The van der Waals surface area contributed by atoms with Crippen LogP contribution in [-0.2, 0) is 0 Å². The molecular formula is C16H20FNOS. The summed E-state index contributed by atoms with van der Waals surface area (Å²) in [5, 5.41) is 2.98. The van der Waals surface area contributed by atoms with Gasteiger partial charge in [0.05, 0.1) is 5.56 Å². The monoisotopic (exact) mass is 293 g/mol. The van der Waals surface area contributed by atoms with Crippen LogP contribution in [0.1, 0.15) is 43.0 Å². The van der Waals surface area contributed by atoms with Crippen LogP contribution in [0, 0.1) is 23.6 Å². The van der Waals surface area contributed by atoms with Gasteiger partial charge in [-0.1, -0.05) is 6.42 Å². The Balaban J connectivity index is 1.68. The van der Waals surface area contributed by atoms with Crippen molar-refractivity contribution in [1.29, 1.82) is 0 Å². The standard InChI is InChI=1S/C16H20FNOS/c1-9(13-7-10-2-3-11(13)6-10)18-16(19)14-8-12(20)4-5-15(14)17/h4-5,8-11,13,20H,2-3,6-7H2,1H3,(H,18,19).